The Balaban J connectivity index is 2.49. The van der Waals surface area contributed by atoms with E-state index < -0.39 is 9.84 Å². The normalized spacial score (nSPS) is 19.7. The van der Waals surface area contributed by atoms with Gasteiger partial charge in [-0.25, -0.2) is 18.4 Å². The number of hydrogen-bond acceptors (Lipinski definition) is 5. The molecule has 94 valence electrons. The van der Waals surface area contributed by atoms with Gasteiger partial charge in [0.2, 0.25) is 0 Å². The Morgan fingerprint density at radius 3 is 2.71 bits per heavy atom. The maximum Gasteiger partial charge on any atom is 0.156 e. The lowest BCUT2D eigenvalue weighted by molar-refractivity contribution is 0.582. The zero-order chi connectivity index (χ0) is 12.6. The highest BCUT2D eigenvalue weighted by Gasteiger charge is 2.25. The summed E-state index contributed by atoms with van der Waals surface area (Å²) in [5.74, 6) is 0.932. The molecular weight excluding hydrogens is 238 g/mol. The fourth-order valence-electron chi connectivity index (χ4n) is 1.98. The second-order valence-electron chi connectivity index (χ2n) is 4.44. The summed E-state index contributed by atoms with van der Waals surface area (Å²) in [4.78, 5) is 8.82. The highest BCUT2D eigenvalue weighted by atomic mass is 32.2. The standard InChI is InChI=1S/C11H17N3O2S/c1-7-9-4-5-17(15,16)6-10(9)14-11(13-7)8(2)12-3/h8,12H,4-6H2,1-3H3. The molecule has 2 rings (SSSR count). The zero-order valence-corrected chi connectivity index (χ0v) is 11.1. The summed E-state index contributed by atoms with van der Waals surface area (Å²) in [5.41, 5.74) is 2.59. The van der Waals surface area contributed by atoms with Gasteiger partial charge in [-0.2, -0.15) is 0 Å². The number of aromatic nitrogens is 2. The zero-order valence-electron chi connectivity index (χ0n) is 10.3. The fraction of sp³-hybridized carbons (Fsp3) is 0.636. The number of aryl methyl sites for hydroxylation is 1. The molecule has 17 heavy (non-hydrogen) atoms. The predicted molar refractivity (Wildman–Crippen MR) is 65.4 cm³/mol. The molecule has 0 saturated heterocycles. The van der Waals surface area contributed by atoms with Crippen molar-refractivity contribution in [2.45, 2.75) is 32.1 Å². The Morgan fingerprint density at radius 1 is 1.35 bits per heavy atom. The van der Waals surface area contributed by atoms with E-state index in [9.17, 15) is 8.42 Å². The van der Waals surface area contributed by atoms with Gasteiger partial charge < -0.3 is 5.32 Å². The van der Waals surface area contributed by atoms with E-state index >= 15 is 0 Å². The molecule has 0 fully saturated rings. The molecule has 0 spiro atoms. The van der Waals surface area contributed by atoms with Crippen molar-refractivity contribution in [2.75, 3.05) is 12.8 Å². The van der Waals surface area contributed by atoms with E-state index in [1.165, 1.54) is 0 Å². The van der Waals surface area contributed by atoms with Gasteiger partial charge in [-0.3, -0.25) is 0 Å². The number of rotatable bonds is 2. The summed E-state index contributed by atoms with van der Waals surface area (Å²) in [6.45, 7) is 3.88. The first-order chi connectivity index (χ1) is 7.93. The molecule has 0 bridgehead atoms. The van der Waals surface area contributed by atoms with Crippen LogP contribution in [0.3, 0.4) is 0 Å². The summed E-state index contributed by atoms with van der Waals surface area (Å²) < 4.78 is 23.2. The summed E-state index contributed by atoms with van der Waals surface area (Å²) in [6, 6.07) is 0.0311. The topological polar surface area (TPSA) is 72.0 Å². The fourth-order valence-corrected chi connectivity index (χ4v) is 3.30. The maximum absolute atomic E-state index is 11.6. The van der Waals surface area contributed by atoms with Crippen molar-refractivity contribution in [1.29, 1.82) is 0 Å². The Bertz CT molecular complexity index is 540. The van der Waals surface area contributed by atoms with Gasteiger partial charge in [0.05, 0.1) is 23.2 Å². The number of fused-ring (bicyclic) bond motifs is 1. The van der Waals surface area contributed by atoms with Crippen LogP contribution in [-0.4, -0.2) is 31.2 Å². The van der Waals surface area contributed by atoms with Gasteiger partial charge in [0.1, 0.15) is 5.82 Å². The molecule has 1 aliphatic heterocycles. The van der Waals surface area contributed by atoms with Gasteiger partial charge in [0.15, 0.2) is 9.84 Å². The first kappa shape index (κ1) is 12.4. The van der Waals surface area contributed by atoms with Gasteiger partial charge in [-0.05, 0) is 32.9 Å². The molecule has 0 saturated carbocycles. The molecule has 0 radical (unpaired) electrons. The van der Waals surface area contributed by atoms with E-state index in [0.29, 0.717) is 17.9 Å². The second kappa shape index (κ2) is 4.34. The molecule has 0 aromatic carbocycles. The third-order valence-electron chi connectivity index (χ3n) is 3.16. The average Bonchev–Trinajstić information content (AvgIpc) is 2.25. The van der Waals surface area contributed by atoms with Crippen molar-refractivity contribution >= 4 is 9.84 Å². The molecule has 1 aromatic rings. The van der Waals surface area contributed by atoms with Gasteiger partial charge >= 0.3 is 0 Å². The monoisotopic (exact) mass is 255 g/mol. The summed E-state index contributed by atoms with van der Waals surface area (Å²) in [5, 5.41) is 3.06. The first-order valence-electron chi connectivity index (χ1n) is 5.67. The second-order valence-corrected chi connectivity index (χ2v) is 6.63. The van der Waals surface area contributed by atoms with Crippen LogP contribution in [0.1, 0.15) is 35.7 Å². The van der Waals surface area contributed by atoms with E-state index in [1.54, 1.807) is 0 Å². The molecule has 6 heteroatoms. The van der Waals surface area contributed by atoms with Gasteiger partial charge in [-0.15, -0.1) is 0 Å². The lowest BCUT2D eigenvalue weighted by Crippen LogP contribution is -2.24. The molecule has 2 heterocycles. The van der Waals surface area contributed by atoms with Crippen LogP contribution in [0.15, 0.2) is 0 Å². The van der Waals surface area contributed by atoms with Crippen LogP contribution < -0.4 is 5.32 Å². The van der Waals surface area contributed by atoms with Crippen molar-refractivity contribution in [3.05, 3.63) is 22.8 Å². The number of hydrogen-bond donors (Lipinski definition) is 1. The highest BCUT2D eigenvalue weighted by molar-refractivity contribution is 7.90. The Labute approximate surface area is 102 Å². The predicted octanol–water partition coefficient (Wildman–Crippen LogP) is 0.536. The largest absolute Gasteiger partial charge is 0.311 e. The molecular formula is C11H17N3O2S. The minimum atomic E-state index is -2.97. The summed E-state index contributed by atoms with van der Waals surface area (Å²) in [6.07, 6.45) is 0.539. The molecule has 1 unspecified atom stereocenters. The third-order valence-corrected chi connectivity index (χ3v) is 4.70. The highest BCUT2D eigenvalue weighted by Crippen LogP contribution is 2.22. The van der Waals surface area contributed by atoms with Crippen LogP contribution >= 0.6 is 0 Å². The number of nitrogens with zero attached hydrogens (tertiary/aromatic N) is 2. The number of sulfone groups is 1. The number of nitrogens with one attached hydrogen (secondary N) is 1. The van der Waals surface area contributed by atoms with E-state index in [1.807, 2.05) is 20.9 Å². The van der Waals surface area contributed by atoms with Crippen LogP contribution in [0, 0.1) is 6.92 Å². The maximum atomic E-state index is 11.6. The average molecular weight is 255 g/mol. The first-order valence-corrected chi connectivity index (χ1v) is 7.49. The minimum absolute atomic E-state index is 0.0311. The Hall–Kier alpha value is -1.01. The van der Waals surface area contributed by atoms with Crippen LogP contribution in [0.4, 0.5) is 0 Å². The van der Waals surface area contributed by atoms with Gasteiger partial charge in [0, 0.05) is 5.69 Å². The molecule has 1 N–H and O–H groups in total. The van der Waals surface area contributed by atoms with Gasteiger partial charge in [-0.1, -0.05) is 0 Å². The molecule has 1 aromatic heterocycles. The molecule has 5 nitrogen and oxygen atoms in total. The molecule has 1 atom stereocenters. The SMILES string of the molecule is CNC(C)c1nc(C)c2c(n1)CS(=O)(=O)CC2. The van der Waals surface area contributed by atoms with Crippen molar-refractivity contribution < 1.29 is 8.42 Å². The van der Waals surface area contributed by atoms with Crippen LogP contribution in [-0.2, 0) is 22.0 Å². The van der Waals surface area contributed by atoms with E-state index in [2.05, 4.69) is 15.3 Å². The van der Waals surface area contributed by atoms with Gasteiger partial charge in [0.25, 0.3) is 0 Å². The van der Waals surface area contributed by atoms with Crippen molar-refractivity contribution in [3.8, 4) is 0 Å². The van der Waals surface area contributed by atoms with E-state index in [-0.39, 0.29) is 17.5 Å². The smallest absolute Gasteiger partial charge is 0.156 e. The molecule has 0 aliphatic carbocycles. The lowest BCUT2D eigenvalue weighted by atomic mass is 10.1. The summed E-state index contributed by atoms with van der Waals surface area (Å²) in [7, 11) is -1.14. The van der Waals surface area contributed by atoms with Crippen LogP contribution in [0.25, 0.3) is 0 Å². The lowest BCUT2D eigenvalue weighted by Gasteiger charge is -2.19. The van der Waals surface area contributed by atoms with E-state index in [0.717, 1.165) is 11.3 Å². The van der Waals surface area contributed by atoms with Crippen molar-refractivity contribution in [1.82, 2.24) is 15.3 Å². The van der Waals surface area contributed by atoms with Crippen LogP contribution in [0.5, 0.6) is 0 Å². The summed E-state index contributed by atoms with van der Waals surface area (Å²) >= 11 is 0. The van der Waals surface area contributed by atoms with Crippen molar-refractivity contribution in [3.63, 3.8) is 0 Å². The third kappa shape index (κ3) is 2.47. The minimum Gasteiger partial charge on any atom is -0.311 e. The molecule has 0 amide bonds. The Kier molecular flexibility index (Phi) is 3.18. The van der Waals surface area contributed by atoms with E-state index in [4.69, 9.17) is 0 Å². The molecule has 1 aliphatic rings. The quantitative estimate of drug-likeness (QED) is 0.835. The Morgan fingerprint density at radius 2 is 2.06 bits per heavy atom. The van der Waals surface area contributed by atoms with Crippen molar-refractivity contribution in [2.24, 2.45) is 0 Å². The van der Waals surface area contributed by atoms with Crippen LogP contribution in [0.2, 0.25) is 0 Å².